The summed E-state index contributed by atoms with van der Waals surface area (Å²) in [6, 6.07) is 38.0. The molecule has 4 unspecified atom stereocenters. The minimum atomic E-state index is -0.528. The van der Waals surface area contributed by atoms with Gasteiger partial charge >= 0.3 is 12.1 Å². The largest absolute Gasteiger partial charge is 0.497 e. The molecule has 6 aromatic rings. The molecular weight excluding hydrogens is 1100 g/mol. The van der Waals surface area contributed by atoms with Crippen LogP contribution in [0.5, 0.6) is 23.0 Å². The zero-order valence-electron chi connectivity index (χ0n) is 44.9. The van der Waals surface area contributed by atoms with Crippen LogP contribution in [0.15, 0.2) is 143 Å². The lowest BCUT2D eigenvalue weighted by atomic mass is 9.93. The van der Waals surface area contributed by atoms with Crippen molar-refractivity contribution in [2.75, 3.05) is 53.5 Å². The van der Waals surface area contributed by atoms with Gasteiger partial charge in [0, 0.05) is 58.4 Å². The highest BCUT2D eigenvalue weighted by Crippen LogP contribution is 2.48. The number of amidine groups is 2. The second-order valence-electron chi connectivity index (χ2n) is 19.8. The molecule has 0 aliphatic carbocycles. The molecule has 80 heavy (non-hydrogen) atoms. The van der Waals surface area contributed by atoms with Gasteiger partial charge in [0.25, 0.3) is 0 Å². The third-order valence-electron chi connectivity index (χ3n) is 13.6. The van der Waals surface area contributed by atoms with E-state index >= 15 is 0 Å². The Bertz CT molecular complexity index is 3070. The fraction of sp³-hybridized carbons (Fsp3) is 0.300. The summed E-state index contributed by atoms with van der Waals surface area (Å²) >= 11 is 24.9. The van der Waals surface area contributed by atoms with Crippen LogP contribution in [0.1, 0.15) is 85.2 Å². The Kier molecular flexibility index (Phi) is 18.1. The van der Waals surface area contributed by atoms with Crippen LogP contribution in [0, 0.1) is 0 Å². The average molecular weight is 1160 g/mol. The van der Waals surface area contributed by atoms with E-state index < -0.39 is 24.2 Å². The maximum atomic E-state index is 14.3. The molecule has 0 spiro atoms. The number of piperazine rings is 2. The molecule has 2 fully saturated rings. The molecule has 4 aliphatic rings. The van der Waals surface area contributed by atoms with E-state index in [-0.39, 0.29) is 49.2 Å². The second kappa shape index (κ2) is 25.3. The van der Waals surface area contributed by atoms with Gasteiger partial charge in [-0.3, -0.25) is 29.4 Å². The van der Waals surface area contributed by atoms with Crippen LogP contribution in [-0.2, 0) is 9.59 Å². The third-order valence-corrected chi connectivity index (χ3v) is 14.6. The number of carbonyl (C=O) groups excluding carboxylic acids is 4. The summed E-state index contributed by atoms with van der Waals surface area (Å²) in [5.74, 6) is 2.77. The number of nitrogens with zero attached hydrogens (tertiary/aromatic N) is 6. The Labute approximate surface area is 485 Å². The first-order valence-corrected chi connectivity index (χ1v) is 27.6. The lowest BCUT2D eigenvalue weighted by Gasteiger charge is -2.36. The van der Waals surface area contributed by atoms with Crippen molar-refractivity contribution in [3.05, 3.63) is 187 Å². The van der Waals surface area contributed by atoms with Crippen molar-refractivity contribution in [1.29, 1.82) is 0 Å². The number of ether oxygens (including phenoxy) is 4. The number of benzene rings is 6. The first-order valence-electron chi connectivity index (χ1n) is 26.1. The number of rotatable bonds is 12. The van der Waals surface area contributed by atoms with E-state index in [1.807, 2.05) is 125 Å². The van der Waals surface area contributed by atoms with Crippen LogP contribution in [0.4, 0.5) is 9.59 Å². The van der Waals surface area contributed by atoms with E-state index in [1.54, 1.807) is 70.2 Å². The minimum absolute atomic E-state index is 0.0421. The Hall–Kier alpha value is -7.50. The fourth-order valence-corrected chi connectivity index (χ4v) is 10.5. The molecule has 10 rings (SSSR count). The number of amides is 6. The quantitative estimate of drug-likeness (QED) is 0.122. The van der Waals surface area contributed by atoms with Gasteiger partial charge in [0.15, 0.2) is 0 Å². The molecular formula is C60H60Cl4N8O8. The molecule has 0 saturated carbocycles. The highest BCUT2D eigenvalue weighted by atomic mass is 35.5. The smallest absolute Gasteiger partial charge is 0.326 e. The first-order chi connectivity index (χ1) is 38.5. The Balaban J connectivity index is 0.000000194. The zero-order valence-corrected chi connectivity index (χ0v) is 47.9. The van der Waals surface area contributed by atoms with Gasteiger partial charge in [-0.05, 0) is 123 Å². The monoisotopic (exact) mass is 1160 g/mol. The second-order valence-corrected chi connectivity index (χ2v) is 21.5. The molecule has 0 radical (unpaired) electrons. The molecule has 2 N–H and O–H groups in total. The van der Waals surface area contributed by atoms with E-state index in [1.165, 1.54) is 0 Å². The summed E-state index contributed by atoms with van der Waals surface area (Å²) < 4.78 is 23.3. The fourth-order valence-electron chi connectivity index (χ4n) is 9.95. The van der Waals surface area contributed by atoms with Crippen molar-refractivity contribution in [3.63, 3.8) is 0 Å². The Morgan fingerprint density at radius 3 is 1.12 bits per heavy atom. The lowest BCUT2D eigenvalue weighted by molar-refractivity contribution is -0.124. The number of urea groups is 2. The average Bonchev–Trinajstić information content (AvgIpc) is 4.08. The van der Waals surface area contributed by atoms with Crippen molar-refractivity contribution in [2.45, 2.75) is 64.1 Å². The molecule has 4 atom stereocenters. The Morgan fingerprint density at radius 2 is 0.825 bits per heavy atom. The van der Waals surface area contributed by atoms with Crippen LogP contribution >= 0.6 is 46.4 Å². The number of hydrogen-bond donors (Lipinski definition) is 2. The maximum Gasteiger partial charge on any atom is 0.326 e. The number of hydrogen-bond acceptors (Lipinski definition) is 10. The zero-order chi connectivity index (χ0) is 56.8. The number of carbonyl (C=O) groups is 4. The normalized spacial score (nSPS) is 18.9. The molecule has 6 amide bonds. The van der Waals surface area contributed by atoms with Gasteiger partial charge in [-0.15, -0.1) is 0 Å². The molecule has 416 valence electrons. The van der Waals surface area contributed by atoms with E-state index in [9.17, 15) is 19.2 Å². The first kappa shape index (κ1) is 57.2. The molecule has 20 heteroatoms. The maximum absolute atomic E-state index is 14.3. The van der Waals surface area contributed by atoms with Crippen molar-refractivity contribution >= 4 is 82.0 Å². The van der Waals surface area contributed by atoms with Gasteiger partial charge in [0.05, 0.1) is 49.6 Å². The van der Waals surface area contributed by atoms with Gasteiger partial charge in [0.1, 0.15) is 59.8 Å². The minimum Gasteiger partial charge on any atom is -0.497 e. The summed E-state index contributed by atoms with van der Waals surface area (Å²) in [6.07, 6.45) is -0.274. The summed E-state index contributed by atoms with van der Waals surface area (Å²) in [6.45, 7) is 9.16. The van der Waals surface area contributed by atoms with Crippen LogP contribution < -0.4 is 29.6 Å². The van der Waals surface area contributed by atoms with Crippen LogP contribution in [0.25, 0.3) is 0 Å². The SMILES string of the molecule is COc1ccc(C2=NC(c3ccc(Cl)cc3)C(c3ccc(Cl)cc3)N2C(=O)N2CCNC(=O)C2)c(OC(C)C)c1.COc1ccc(C2=NC(c3ccc(Cl)cc3)C(c3ccc(Cl)cc3)N2C(=O)N2CCNC(=O)C2)c(OC(C)C)c1. The molecule has 4 aliphatic heterocycles. The number of nitrogens with one attached hydrogen (secondary N) is 2. The van der Waals surface area contributed by atoms with Gasteiger partial charge < -0.3 is 39.4 Å². The van der Waals surface area contributed by atoms with E-state index in [4.69, 9.17) is 75.3 Å². The van der Waals surface area contributed by atoms with Crippen LogP contribution in [0.2, 0.25) is 20.1 Å². The van der Waals surface area contributed by atoms with E-state index in [0.717, 1.165) is 22.3 Å². The topological polar surface area (TPSA) is 167 Å². The summed E-state index contributed by atoms with van der Waals surface area (Å²) in [4.78, 5) is 70.1. The summed E-state index contributed by atoms with van der Waals surface area (Å²) in [5, 5.41) is 7.95. The summed E-state index contributed by atoms with van der Waals surface area (Å²) in [7, 11) is 3.18. The van der Waals surface area contributed by atoms with Gasteiger partial charge in [-0.1, -0.05) is 94.9 Å². The van der Waals surface area contributed by atoms with Crippen LogP contribution in [-0.4, -0.2) is 121 Å². The van der Waals surface area contributed by atoms with Crippen molar-refractivity contribution < 1.29 is 38.1 Å². The molecule has 0 bridgehead atoms. The number of aliphatic imine (C=N–C) groups is 2. The van der Waals surface area contributed by atoms with E-state index in [2.05, 4.69) is 10.6 Å². The standard InChI is InChI=1S/2C30H30Cl2N4O4/c2*1-18(2)40-25-16-23(39-3)12-13-24(25)29-34-27(19-4-8-21(31)9-5-19)28(20-6-10-22(32)11-7-20)36(29)30(38)35-15-14-33-26(37)17-35/h2*4-13,16,18,27-28H,14-15,17H2,1-3H3,(H,33,37). The van der Waals surface area contributed by atoms with Gasteiger partial charge in [0.2, 0.25) is 11.8 Å². The van der Waals surface area contributed by atoms with Crippen molar-refractivity contribution in [2.24, 2.45) is 9.98 Å². The highest BCUT2D eigenvalue weighted by Gasteiger charge is 2.47. The summed E-state index contributed by atoms with van der Waals surface area (Å²) in [5.41, 5.74) is 4.73. The van der Waals surface area contributed by atoms with Gasteiger partial charge in [-0.25, -0.2) is 9.59 Å². The van der Waals surface area contributed by atoms with Crippen LogP contribution in [0.3, 0.4) is 0 Å². The lowest BCUT2D eigenvalue weighted by Crippen LogP contribution is -2.55. The predicted octanol–water partition coefficient (Wildman–Crippen LogP) is 11.8. The third kappa shape index (κ3) is 12.9. The Morgan fingerprint density at radius 1 is 0.500 bits per heavy atom. The number of methoxy groups -OCH3 is 2. The molecule has 0 aromatic heterocycles. The van der Waals surface area contributed by atoms with Gasteiger partial charge in [-0.2, -0.15) is 0 Å². The van der Waals surface area contributed by atoms with E-state index in [0.29, 0.717) is 92.1 Å². The molecule has 6 aromatic carbocycles. The number of halogens is 4. The predicted molar refractivity (Wildman–Crippen MR) is 311 cm³/mol. The van der Waals surface area contributed by atoms with Crippen molar-refractivity contribution in [1.82, 2.24) is 30.2 Å². The molecule has 2 saturated heterocycles. The molecule has 16 nitrogen and oxygen atoms in total. The van der Waals surface area contributed by atoms with Crippen molar-refractivity contribution in [3.8, 4) is 23.0 Å². The molecule has 4 heterocycles. The highest BCUT2D eigenvalue weighted by molar-refractivity contribution is 6.31.